The minimum atomic E-state index is -2.88. The molecule has 4 nitrogen and oxygen atoms in total. The molecule has 0 amide bonds. The molecular weight excluding hydrogens is 287 g/mol. The summed E-state index contributed by atoms with van der Waals surface area (Å²) in [7, 11) is -2.88. The third kappa shape index (κ3) is 5.60. The number of rotatable bonds is 8. The Morgan fingerprint density at radius 2 is 1.90 bits per heavy atom. The van der Waals surface area contributed by atoms with E-state index >= 15 is 0 Å². The second kappa shape index (κ2) is 7.60. The van der Waals surface area contributed by atoms with Crippen LogP contribution in [0.25, 0.3) is 0 Å². The maximum absolute atomic E-state index is 13.1. The summed E-state index contributed by atoms with van der Waals surface area (Å²) in [4.78, 5) is 11.4. The van der Waals surface area contributed by atoms with Crippen LogP contribution < -0.4 is 0 Å². The van der Waals surface area contributed by atoms with E-state index in [1.165, 1.54) is 19.3 Å². The van der Waals surface area contributed by atoms with Gasteiger partial charge in [-0.15, -0.1) is 0 Å². The van der Waals surface area contributed by atoms with Gasteiger partial charge in [0.15, 0.2) is 0 Å². The van der Waals surface area contributed by atoms with E-state index in [9.17, 15) is 14.5 Å². The summed E-state index contributed by atoms with van der Waals surface area (Å²) in [5.41, 5.74) is 0.296. The third-order valence-corrected chi connectivity index (χ3v) is 6.99. The molecule has 0 aliphatic heterocycles. The van der Waals surface area contributed by atoms with E-state index in [0.717, 1.165) is 25.7 Å². The molecule has 21 heavy (non-hydrogen) atoms. The number of hydrogen-bond acceptors (Lipinski definition) is 3. The predicted molar refractivity (Wildman–Crippen MR) is 84.0 cm³/mol. The highest BCUT2D eigenvalue weighted by Crippen LogP contribution is 2.52. The zero-order valence-electron chi connectivity index (χ0n) is 12.9. The van der Waals surface area contributed by atoms with Gasteiger partial charge in [0.05, 0.1) is 12.8 Å². The average Bonchev–Trinajstić information content (AvgIpc) is 3.23. The van der Waals surface area contributed by atoms with Crippen molar-refractivity contribution < 1.29 is 19.0 Å². The van der Waals surface area contributed by atoms with E-state index in [1.807, 2.05) is 6.92 Å². The van der Waals surface area contributed by atoms with Crippen molar-refractivity contribution in [2.75, 3.05) is 18.9 Å². The van der Waals surface area contributed by atoms with Crippen LogP contribution in [0.15, 0.2) is 11.6 Å². The number of hydrogen-bond donors (Lipinski definition) is 1. The van der Waals surface area contributed by atoms with Crippen LogP contribution in [0.4, 0.5) is 0 Å². The van der Waals surface area contributed by atoms with E-state index in [1.54, 1.807) is 6.08 Å². The van der Waals surface area contributed by atoms with Gasteiger partial charge in [-0.1, -0.05) is 25.3 Å². The van der Waals surface area contributed by atoms with Crippen LogP contribution in [0.5, 0.6) is 0 Å². The summed E-state index contributed by atoms with van der Waals surface area (Å²) in [6, 6.07) is 0. The average molecular weight is 314 g/mol. The Morgan fingerprint density at radius 1 is 1.24 bits per heavy atom. The molecule has 0 spiro atoms. The lowest BCUT2D eigenvalue weighted by Crippen LogP contribution is -2.16. The van der Waals surface area contributed by atoms with Gasteiger partial charge in [0.2, 0.25) is 7.37 Å². The Balaban J connectivity index is 2.04. The quantitative estimate of drug-likeness (QED) is 0.536. The van der Waals surface area contributed by atoms with Crippen LogP contribution in [-0.4, -0.2) is 30.0 Å². The largest absolute Gasteiger partial charge is 0.478 e. The molecule has 5 heteroatoms. The van der Waals surface area contributed by atoms with Crippen molar-refractivity contribution in [1.82, 2.24) is 0 Å². The maximum atomic E-state index is 13.1. The fourth-order valence-electron chi connectivity index (χ4n) is 3.16. The van der Waals surface area contributed by atoms with Gasteiger partial charge in [0.25, 0.3) is 0 Å². The molecule has 2 aliphatic carbocycles. The molecule has 0 radical (unpaired) electrons. The second-order valence-electron chi connectivity index (χ2n) is 6.41. The summed E-state index contributed by atoms with van der Waals surface area (Å²) < 4.78 is 18.6. The molecule has 2 fully saturated rings. The fourth-order valence-corrected chi connectivity index (χ4v) is 5.87. The molecule has 0 aromatic heterocycles. The molecule has 120 valence electrons. The first-order valence-electron chi connectivity index (χ1n) is 8.19. The summed E-state index contributed by atoms with van der Waals surface area (Å²) in [6.07, 6.45) is 10.4. The van der Waals surface area contributed by atoms with Crippen molar-refractivity contribution >= 4 is 13.3 Å². The van der Waals surface area contributed by atoms with E-state index in [2.05, 4.69) is 0 Å². The zero-order chi connectivity index (χ0) is 15.3. The highest BCUT2D eigenvalue weighted by Gasteiger charge is 2.32. The van der Waals surface area contributed by atoms with E-state index in [0.29, 0.717) is 30.2 Å². The summed E-state index contributed by atoms with van der Waals surface area (Å²) >= 11 is 0. The zero-order valence-corrected chi connectivity index (χ0v) is 13.8. The van der Waals surface area contributed by atoms with Crippen LogP contribution in [0, 0.1) is 11.8 Å². The summed E-state index contributed by atoms with van der Waals surface area (Å²) in [5.74, 6) is -0.126. The molecule has 2 saturated carbocycles. The standard InChI is InChI=1S/C16H27O4P/c1-2-20-21(19,11-14-6-4-3-5-7-14)12-15(16(17)18)10-13-8-9-13/h10,13-14H,2-9,11-12H2,1H3,(H,17,18)/b15-10+. The lowest BCUT2D eigenvalue weighted by molar-refractivity contribution is -0.132. The Labute approximate surface area is 127 Å². The molecule has 0 aromatic rings. The van der Waals surface area contributed by atoms with Crippen LogP contribution in [0.2, 0.25) is 0 Å². The normalized spacial score (nSPS) is 23.8. The van der Waals surface area contributed by atoms with Gasteiger partial charge in [0, 0.05) is 11.7 Å². The number of carbonyl (C=O) groups is 1. The topological polar surface area (TPSA) is 63.6 Å². The summed E-state index contributed by atoms with van der Waals surface area (Å²) in [5, 5.41) is 9.34. The van der Waals surface area contributed by atoms with Gasteiger partial charge >= 0.3 is 5.97 Å². The summed E-state index contributed by atoms with van der Waals surface area (Å²) in [6.45, 7) is 2.22. The fraction of sp³-hybridized carbons (Fsp3) is 0.812. The van der Waals surface area contributed by atoms with Gasteiger partial charge in [-0.2, -0.15) is 0 Å². The highest BCUT2D eigenvalue weighted by atomic mass is 31.2. The molecule has 1 atom stereocenters. The van der Waals surface area contributed by atoms with E-state index in [4.69, 9.17) is 4.52 Å². The Kier molecular flexibility index (Phi) is 6.07. The number of carboxylic acid groups (broad SMARTS) is 1. The smallest absolute Gasteiger partial charge is 0.331 e. The van der Waals surface area contributed by atoms with E-state index in [-0.39, 0.29) is 6.16 Å². The second-order valence-corrected chi connectivity index (χ2v) is 8.98. The van der Waals surface area contributed by atoms with Crippen molar-refractivity contribution in [1.29, 1.82) is 0 Å². The number of carboxylic acids is 1. The van der Waals surface area contributed by atoms with Crippen LogP contribution in [0.1, 0.15) is 51.9 Å². The number of aliphatic carboxylic acids is 1. The van der Waals surface area contributed by atoms with Crippen LogP contribution in [0.3, 0.4) is 0 Å². The highest BCUT2D eigenvalue weighted by molar-refractivity contribution is 7.59. The van der Waals surface area contributed by atoms with Gasteiger partial charge in [-0.05, 0) is 44.4 Å². The van der Waals surface area contributed by atoms with Gasteiger partial charge < -0.3 is 9.63 Å². The van der Waals surface area contributed by atoms with Crippen molar-refractivity contribution in [3.05, 3.63) is 11.6 Å². The van der Waals surface area contributed by atoms with Crippen molar-refractivity contribution in [2.24, 2.45) is 11.8 Å². The Morgan fingerprint density at radius 3 is 2.43 bits per heavy atom. The minimum Gasteiger partial charge on any atom is -0.478 e. The van der Waals surface area contributed by atoms with Gasteiger partial charge in [-0.3, -0.25) is 4.57 Å². The minimum absolute atomic E-state index is 0.100. The predicted octanol–water partition coefficient (Wildman–Crippen LogP) is 4.30. The lowest BCUT2D eigenvalue weighted by atomic mass is 9.91. The van der Waals surface area contributed by atoms with Crippen LogP contribution >= 0.6 is 7.37 Å². The van der Waals surface area contributed by atoms with Gasteiger partial charge in [0.1, 0.15) is 0 Å². The Bertz CT molecular complexity index is 434. The maximum Gasteiger partial charge on any atom is 0.331 e. The number of allylic oxidation sites excluding steroid dienone is 1. The lowest BCUT2D eigenvalue weighted by Gasteiger charge is -2.26. The monoisotopic (exact) mass is 314 g/mol. The first-order chi connectivity index (χ1) is 10.0. The molecule has 1 unspecified atom stereocenters. The molecular formula is C16H27O4P. The molecule has 1 N–H and O–H groups in total. The van der Waals surface area contributed by atoms with Crippen molar-refractivity contribution in [2.45, 2.75) is 51.9 Å². The third-order valence-electron chi connectivity index (χ3n) is 4.37. The van der Waals surface area contributed by atoms with Gasteiger partial charge in [-0.25, -0.2) is 4.79 Å². The molecule has 2 rings (SSSR count). The first-order valence-corrected chi connectivity index (χ1v) is 10.2. The van der Waals surface area contributed by atoms with Crippen molar-refractivity contribution in [3.8, 4) is 0 Å². The van der Waals surface area contributed by atoms with Crippen molar-refractivity contribution in [3.63, 3.8) is 0 Å². The Hall–Kier alpha value is -0.600. The van der Waals surface area contributed by atoms with Crippen LogP contribution in [-0.2, 0) is 13.9 Å². The molecule has 0 aromatic carbocycles. The SMILES string of the molecule is CCOP(=O)(C/C(=C\C1CC1)C(=O)O)CC1CCCCC1. The molecule has 0 bridgehead atoms. The molecule has 2 aliphatic rings. The molecule has 0 heterocycles. The first kappa shape index (κ1) is 16.8. The molecule has 0 saturated heterocycles. The van der Waals surface area contributed by atoms with E-state index < -0.39 is 13.3 Å².